The Bertz CT molecular complexity index is 1350. The molecule has 5 rings (SSSR count). The zero-order valence-electron chi connectivity index (χ0n) is 22.5. The molecule has 2 heterocycles. The van der Waals surface area contributed by atoms with Crippen LogP contribution in [0.25, 0.3) is 11.3 Å². The molecule has 2 aromatic carbocycles. The van der Waals surface area contributed by atoms with Gasteiger partial charge in [0.25, 0.3) is 0 Å². The van der Waals surface area contributed by atoms with Crippen LogP contribution in [0.1, 0.15) is 66.7 Å². The van der Waals surface area contributed by atoms with Gasteiger partial charge in [-0.2, -0.15) is 0 Å². The van der Waals surface area contributed by atoms with Crippen LogP contribution >= 0.6 is 0 Å². The maximum absolute atomic E-state index is 13.1. The molecule has 2 atom stereocenters. The summed E-state index contributed by atoms with van der Waals surface area (Å²) in [5.74, 6) is 1.81. The van der Waals surface area contributed by atoms with Crippen LogP contribution < -0.4 is 19.9 Å². The van der Waals surface area contributed by atoms with Crippen molar-refractivity contribution in [1.82, 2.24) is 4.98 Å². The number of fused-ring (bicyclic) bond motifs is 1. The Morgan fingerprint density at radius 1 is 1.18 bits per heavy atom. The van der Waals surface area contributed by atoms with E-state index >= 15 is 0 Å². The number of rotatable bonds is 10. The van der Waals surface area contributed by atoms with E-state index in [1.807, 2.05) is 37.3 Å². The second-order valence-corrected chi connectivity index (χ2v) is 11.0. The SMILES string of the molecule is COc1cc(C(=O)CCC(C)(O)c2cc3c(c(-c4ccc(C)cc4)n2)OCC3(C)CN)ccc1OC1CC1. The Hall–Kier alpha value is -3.42. The first kappa shape index (κ1) is 26.2. The first-order chi connectivity index (χ1) is 18.1. The van der Waals surface area contributed by atoms with Crippen molar-refractivity contribution < 1.29 is 24.1 Å². The van der Waals surface area contributed by atoms with Crippen molar-refractivity contribution in [3.8, 4) is 28.5 Å². The standard InChI is InChI=1S/C31H36N2O5/c1-19-5-7-20(8-6-19)28-29-23(30(2,17-32)18-37-29)16-27(33-28)31(3,35)14-13-24(34)21-9-12-25(26(15-21)36-4)38-22-10-11-22/h5-9,12,15-16,22,35H,10-11,13-14,17-18,32H2,1-4H3. The quantitative estimate of drug-likeness (QED) is 0.362. The second kappa shape index (κ2) is 10.0. The monoisotopic (exact) mass is 516 g/mol. The van der Waals surface area contributed by atoms with E-state index in [4.69, 9.17) is 24.9 Å². The van der Waals surface area contributed by atoms with Crippen LogP contribution in [-0.2, 0) is 11.0 Å². The van der Waals surface area contributed by atoms with Gasteiger partial charge in [0.15, 0.2) is 17.3 Å². The van der Waals surface area contributed by atoms with Crippen LogP contribution in [0.5, 0.6) is 17.2 Å². The summed E-state index contributed by atoms with van der Waals surface area (Å²) in [5, 5.41) is 11.6. The molecule has 1 aliphatic heterocycles. The van der Waals surface area contributed by atoms with E-state index in [0.29, 0.717) is 47.4 Å². The molecular formula is C31H36N2O5. The largest absolute Gasteiger partial charge is 0.493 e. The zero-order chi connectivity index (χ0) is 27.1. The first-order valence-electron chi connectivity index (χ1n) is 13.2. The minimum atomic E-state index is -1.35. The lowest BCUT2D eigenvalue weighted by molar-refractivity contribution is 0.0396. The van der Waals surface area contributed by atoms with E-state index in [0.717, 1.165) is 29.5 Å². The first-order valence-corrected chi connectivity index (χ1v) is 13.2. The normalized spacial score (nSPS) is 19.8. The van der Waals surface area contributed by atoms with Gasteiger partial charge in [-0.15, -0.1) is 0 Å². The molecule has 0 spiro atoms. The molecule has 0 radical (unpaired) electrons. The molecule has 0 saturated heterocycles. The minimum absolute atomic E-state index is 0.0865. The Morgan fingerprint density at radius 3 is 2.58 bits per heavy atom. The van der Waals surface area contributed by atoms with Crippen molar-refractivity contribution in [2.45, 2.75) is 63.6 Å². The summed E-state index contributed by atoms with van der Waals surface area (Å²) in [4.78, 5) is 18.0. The average molecular weight is 517 g/mol. The lowest BCUT2D eigenvalue weighted by Crippen LogP contribution is -2.33. The molecule has 3 aromatic rings. The van der Waals surface area contributed by atoms with E-state index in [-0.39, 0.29) is 30.1 Å². The number of methoxy groups -OCH3 is 1. The lowest BCUT2D eigenvalue weighted by Gasteiger charge is -2.26. The number of Topliss-reactive ketones (excluding diaryl/α,β-unsaturated/α-hetero) is 1. The van der Waals surface area contributed by atoms with Crippen molar-refractivity contribution in [1.29, 1.82) is 0 Å². The maximum Gasteiger partial charge on any atom is 0.163 e. The highest BCUT2D eigenvalue weighted by Gasteiger charge is 2.40. The number of hydrogen-bond acceptors (Lipinski definition) is 7. The third-order valence-corrected chi connectivity index (χ3v) is 7.63. The van der Waals surface area contributed by atoms with E-state index < -0.39 is 5.60 Å². The molecule has 0 amide bonds. The summed E-state index contributed by atoms with van der Waals surface area (Å²) in [6.07, 6.45) is 2.66. The van der Waals surface area contributed by atoms with Gasteiger partial charge in [-0.25, -0.2) is 4.98 Å². The molecule has 3 N–H and O–H groups in total. The molecule has 1 saturated carbocycles. The highest BCUT2D eigenvalue weighted by atomic mass is 16.5. The molecule has 200 valence electrons. The number of aromatic nitrogens is 1. The van der Waals surface area contributed by atoms with Crippen LogP contribution in [0, 0.1) is 6.92 Å². The molecule has 7 nitrogen and oxygen atoms in total. The number of nitrogens with two attached hydrogens (primary N) is 1. The Kier molecular flexibility index (Phi) is 6.92. The molecule has 1 aliphatic carbocycles. The Labute approximate surface area is 223 Å². The Morgan fingerprint density at radius 2 is 1.92 bits per heavy atom. The number of carbonyl (C=O) groups is 1. The molecule has 1 fully saturated rings. The number of aryl methyl sites for hydroxylation is 1. The molecular weight excluding hydrogens is 480 g/mol. The van der Waals surface area contributed by atoms with Gasteiger partial charge >= 0.3 is 0 Å². The van der Waals surface area contributed by atoms with Gasteiger partial charge in [-0.3, -0.25) is 4.79 Å². The molecule has 1 aromatic heterocycles. The van der Waals surface area contributed by atoms with E-state index in [9.17, 15) is 9.90 Å². The fraction of sp³-hybridized carbons (Fsp3) is 0.419. The van der Waals surface area contributed by atoms with Gasteiger partial charge in [0.1, 0.15) is 17.0 Å². The van der Waals surface area contributed by atoms with Crippen LogP contribution in [0.15, 0.2) is 48.5 Å². The van der Waals surface area contributed by atoms with Gasteiger partial charge in [0.05, 0.1) is 25.5 Å². The fourth-order valence-electron chi connectivity index (χ4n) is 4.72. The molecule has 2 aliphatic rings. The smallest absolute Gasteiger partial charge is 0.163 e. The summed E-state index contributed by atoms with van der Waals surface area (Å²) in [7, 11) is 1.57. The van der Waals surface area contributed by atoms with Gasteiger partial charge in [0, 0.05) is 35.1 Å². The third kappa shape index (κ3) is 5.13. The van der Waals surface area contributed by atoms with Gasteiger partial charge in [0.2, 0.25) is 0 Å². The number of aliphatic hydroxyl groups is 1. The van der Waals surface area contributed by atoms with Crippen molar-refractivity contribution in [2.24, 2.45) is 5.73 Å². The predicted molar refractivity (Wildman–Crippen MR) is 146 cm³/mol. The predicted octanol–water partition coefficient (Wildman–Crippen LogP) is 5.09. The van der Waals surface area contributed by atoms with Crippen molar-refractivity contribution in [3.05, 3.63) is 70.9 Å². The van der Waals surface area contributed by atoms with Crippen molar-refractivity contribution >= 4 is 5.78 Å². The molecule has 38 heavy (non-hydrogen) atoms. The molecule has 0 bridgehead atoms. The minimum Gasteiger partial charge on any atom is -0.493 e. The molecule has 7 heteroatoms. The van der Waals surface area contributed by atoms with E-state index in [1.54, 1.807) is 32.2 Å². The number of ether oxygens (including phenoxy) is 3. The number of nitrogens with zero attached hydrogens (tertiary/aromatic N) is 1. The van der Waals surface area contributed by atoms with E-state index in [1.165, 1.54) is 0 Å². The topological polar surface area (TPSA) is 104 Å². The third-order valence-electron chi connectivity index (χ3n) is 7.63. The van der Waals surface area contributed by atoms with Crippen LogP contribution in [0.4, 0.5) is 0 Å². The maximum atomic E-state index is 13.1. The number of benzene rings is 2. The number of ketones is 1. The molecule has 2 unspecified atom stereocenters. The van der Waals surface area contributed by atoms with Crippen LogP contribution in [-0.4, -0.2) is 42.2 Å². The number of pyridine rings is 1. The summed E-state index contributed by atoms with van der Waals surface area (Å²) in [6.45, 7) is 6.65. The number of carbonyl (C=O) groups excluding carboxylic acids is 1. The van der Waals surface area contributed by atoms with Gasteiger partial charge < -0.3 is 25.1 Å². The lowest BCUT2D eigenvalue weighted by atomic mass is 9.82. The van der Waals surface area contributed by atoms with E-state index in [2.05, 4.69) is 6.92 Å². The van der Waals surface area contributed by atoms with Crippen molar-refractivity contribution in [2.75, 3.05) is 20.3 Å². The Balaban J connectivity index is 1.41. The number of hydrogen-bond donors (Lipinski definition) is 2. The van der Waals surface area contributed by atoms with Crippen LogP contribution in [0.3, 0.4) is 0 Å². The fourth-order valence-corrected chi connectivity index (χ4v) is 4.72. The van der Waals surface area contributed by atoms with Gasteiger partial charge in [-0.1, -0.05) is 36.8 Å². The average Bonchev–Trinajstić information content (AvgIpc) is 3.68. The summed E-state index contributed by atoms with van der Waals surface area (Å²) in [6, 6.07) is 15.2. The zero-order valence-corrected chi connectivity index (χ0v) is 22.5. The van der Waals surface area contributed by atoms with Crippen molar-refractivity contribution in [3.63, 3.8) is 0 Å². The highest BCUT2D eigenvalue weighted by Crippen LogP contribution is 2.45. The highest BCUT2D eigenvalue weighted by molar-refractivity contribution is 5.96. The summed E-state index contributed by atoms with van der Waals surface area (Å²) in [5.41, 5.74) is 9.09. The summed E-state index contributed by atoms with van der Waals surface area (Å²) < 4.78 is 17.4. The summed E-state index contributed by atoms with van der Waals surface area (Å²) >= 11 is 0. The van der Waals surface area contributed by atoms with Gasteiger partial charge in [-0.05, 0) is 57.4 Å². The van der Waals surface area contributed by atoms with Crippen LogP contribution in [0.2, 0.25) is 0 Å². The second-order valence-electron chi connectivity index (χ2n) is 11.0.